The monoisotopic (exact) mass is 324 g/mol. The summed E-state index contributed by atoms with van der Waals surface area (Å²) >= 11 is 0. The fourth-order valence-corrected chi connectivity index (χ4v) is 2.35. The van der Waals surface area contributed by atoms with Crippen molar-refractivity contribution >= 4 is 10.9 Å². The first kappa shape index (κ1) is 15.1. The van der Waals surface area contributed by atoms with Crippen LogP contribution in [0.5, 0.6) is 0 Å². The molecule has 0 spiro atoms. The Hall–Kier alpha value is -2.84. The molecule has 120 valence electrons. The Morgan fingerprint density at radius 1 is 1.22 bits per heavy atom. The van der Waals surface area contributed by atoms with Gasteiger partial charge < -0.3 is 0 Å². The number of nitrogens with one attached hydrogen (secondary N) is 1. The topological polar surface area (TPSA) is 72.7 Å². The molecule has 1 aromatic carbocycles. The van der Waals surface area contributed by atoms with Crippen LogP contribution in [0.15, 0.2) is 40.1 Å². The molecule has 2 heterocycles. The van der Waals surface area contributed by atoms with Crippen LogP contribution in [0.1, 0.15) is 11.3 Å². The van der Waals surface area contributed by atoms with Crippen LogP contribution in [0, 0.1) is 0 Å². The van der Waals surface area contributed by atoms with Crippen LogP contribution in [-0.2, 0) is 19.8 Å². The minimum absolute atomic E-state index is 0.126. The normalized spacial score (nSPS) is 12.0. The third kappa shape index (κ3) is 2.65. The predicted molar refractivity (Wildman–Crippen MR) is 76.1 cm³/mol. The van der Waals surface area contributed by atoms with Crippen LogP contribution in [0.2, 0.25) is 0 Å². The van der Waals surface area contributed by atoms with Gasteiger partial charge in [0.2, 0.25) is 0 Å². The van der Waals surface area contributed by atoms with Gasteiger partial charge in [0, 0.05) is 18.5 Å². The van der Waals surface area contributed by atoms with Gasteiger partial charge >= 0.3 is 11.9 Å². The van der Waals surface area contributed by atoms with E-state index >= 15 is 0 Å². The highest BCUT2D eigenvalue weighted by atomic mass is 19.4. The fraction of sp³-hybridized carbons (Fsp3) is 0.214. The molecule has 0 aliphatic heterocycles. The second-order valence-electron chi connectivity index (χ2n) is 5.08. The number of benzene rings is 1. The van der Waals surface area contributed by atoms with E-state index in [9.17, 15) is 22.8 Å². The molecule has 9 heteroatoms. The maximum absolute atomic E-state index is 12.8. The lowest BCUT2D eigenvalue weighted by Gasteiger charge is -2.13. The number of H-pyrrole nitrogens is 1. The van der Waals surface area contributed by atoms with Gasteiger partial charge in [0.05, 0.1) is 18.3 Å². The predicted octanol–water partition coefficient (Wildman–Crippen LogP) is 1.49. The molecule has 3 aromatic rings. The summed E-state index contributed by atoms with van der Waals surface area (Å²) in [5.41, 5.74) is -1.98. The minimum atomic E-state index is -4.76. The van der Waals surface area contributed by atoms with E-state index in [4.69, 9.17) is 0 Å². The van der Waals surface area contributed by atoms with Crippen molar-refractivity contribution < 1.29 is 13.2 Å². The Kier molecular flexibility index (Phi) is 3.35. The molecular weight excluding hydrogens is 313 g/mol. The summed E-state index contributed by atoms with van der Waals surface area (Å²) in [5.74, 6) is 0. The zero-order valence-electron chi connectivity index (χ0n) is 11.9. The standard InChI is InChI=1S/C14H11F3N4O2/c1-20-11(14(15,16)17)5-12(22)21(13(20)23)7-8-2-3-9-6-18-19-10(9)4-8/h2-6H,7H2,1H3,(H,18,19). The molecule has 0 atom stereocenters. The molecule has 0 radical (unpaired) electrons. The highest BCUT2D eigenvalue weighted by Crippen LogP contribution is 2.26. The molecule has 6 nitrogen and oxygen atoms in total. The number of aromatic nitrogens is 4. The number of hydrogen-bond donors (Lipinski definition) is 1. The summed E-state index contributed by atoms with van der Waals surface area (Å²) in [4.78, 5) is 24.0. The van der Waals surface area contributed by atoms with Crippen molar-refractivity contribution in [3.8, 4) is 0 Å². The number of alkyl halides is 3. The fourth-order valence-electron chi connectivity index (χ4n) is 2.35. The van der Waals surface area contributed by atoms with E-state index in [2.05, 4.69) is 10.2 Å². The molecule has 0 unspecified atom stereocenters. The van der Waals surface area contributed by atoms with Gasteiger partial charge in [-0.05, 0) is 11.6 Å². The molecule has 23 heavy (non-hydrogen) atoms. The molecule has 0 aliphatic carbocycles. The molecule has 3 rings (SSSR count). The van der Waals surface area contributed by atoms with Crippen LogP contribution in [0.4, 0.5) is 13.2 Å². The van der Waals surface area contributed by atoms with E-state index in [1.54, 1.807) is 24.4 Å². The van der Waals surface area contributed by atoms with Crippen LogP contribution in [0.3, 0.4) is 0 Å². The Balaban J connectivity index is 2.08. The Labute approximate surface area is 126 Å². The van der Waals surface area contributed by atoms with Crippen LogP contribution in [0.25, 0.3) is 10.9 Å². The van der Waals surface area contributed by atoms with Crippen LogP contribution >= 0.6 is 0 Å². The van der Waals surface area contributed by atoms with Gasteiger partial charge in [-0.15, -0.1) is 0 Å². The largest absolute Gasteiger partial charge is 0.431 e. The average molecular weight is 324 g/mol. The van der Waals surface area contributed by atoms with Crippen LogP contribution in [-0.4, -0.2) is 19.3 Å². The molecule has 0 saturated heterocycles. The Morgan fingerprint density at radius 2 is 1.96 bits per heavy atom. The van der Waals surface area contributed by atoms with E-state index in [1.165, 1.54) is 0 Å². The first-order valence-electron chi connectivity index (χ1n) is 6.57. The lowest BCUT2D eigenvalue weighted by Crippen LogP contribution is -2.41. The summed E-state index contributed by atoms with van der Waals surface area (Å²) in [6, 6.07) is 5.54. The molecule has 2 aromatic heterocycles. The Bertz CT molecular complexity index is 998. The zero-order chi connectivity index (χ0) is 16.8. The molecule has 0 bridgehead atoms. The van der Waals surface area contributed by atoms with Gasteiger partial charge in [0.25, 0.3) is 5.56 Å². The quantitative estimate of drug-likeness (QED) is 0.776. The van der Waals surface area contributed by atoms with Crippen molar-refractivity contribution in [2.75, 3.05) is 0 Å². The molecule has 0 aliphatic rings. The Morgan fingerprint density at radius 3 is 2.65 bits per heavy atom. The van der Waals surface area contributed by atoms with Crippen molar-refractivity contribution in [1.29, 1.82) is 0 Å². The third-order valence-electron chi connectivity index (χ3n) is 3.54. The van der Waals surface area contributed by atoms with Gasteiger partial charge in [0.1, 0.15) is 5.69 Å². The summed E-state index contributed by atoms with van der Waals surface area (Å²) < 4.78 is 39.5. The van der Waals surface area contributed by atoms with E-state index in [0.29, 0.717) is 21.7 Å². The third-order valence-corrected chi connectivity index (χ3v) is 3.54. The molecule has 0 saturated carbocycles. The highest BCUT2D eigenvalue weighted by Gasteiger charge is 2.34. The van der Waals surface area contributed by atoms with Crippen molar-refractivity contribution in [3.05, 3.63) is 62.6 Å². The van der Waals surface area contributed by atoms with Crippen molar-refractivity contribution in [1.82, 2.24) is 19.3 Å². The zero-order valence-corrected chi connectivity index (χ0v) is 11.9. The second-order valence-corrected chi connectivity index (χ2v) is 5.08. The van der Waals surface area contributed by atoms with E-state index < -0.39 is 23.1 Å². The summed E-state index contributed by atoms with van der Waals surface area (Å²) in [7, 11) is 0.985. The van der Waals surface area contributed by atoms with Gasteiger partial charge in [-0.2, -0.15) is 18.3 Å². The minimum Gasteiger partial charge on any atom is -0.292 e. The lowest BCUT2D eigenvalue weighted by molar-refractivity contribution is -0.144. The smallest absolute Gasteiger partial charge is 0.292 e. The van der Waals surface area contributed by atoms with Crippen molar-refractivity contribution in [3.63, 3.8) is 0 Å². The van der Waals surface area contributed by atoms with Crippen molar-refractivity contribution in [2.24, 2.45) is 7.05 Å². The molecule has 0 fully saturated rings. The number of nitrogens with zero attached hydrogens (tertiary/aromatic N) is 3. The van der Waals surface area contributed by atoms with Gasteiger partial charge in [-0.3, -0.25) is 19.0 Å². The maximum atomic E-state index is 12.8. The summed E-state index contributed by atoms with van der Waals surface area (Å²) in [6.07, 6.45) is -3.15. The first-order chi connectivity index (χ1) is 10.8. The van der Waals surface area contributed by atoms with Gasteiger partial charge in [-0.25, -0.2) is 4.79 Å². The lowest BCUT2D eigenvalue weighted by atomic mass is 10.1. The van der Waals surface area contributed by atoms with Crippen LogP contribution < -0.4 is 11.2 Å². The van der Waals surface area contributed by atoms with Crippen molar-refractivity contribution in [2.45, 2.75) is 12.7 Å². The summed E-state index contributed by atoms with van der Waals surface area (Å²) in [6.45, 7) is -0.126. The molecule has 1 N–H and O–H groups in total. The number of rotatable bonds is 2. The second kappa shape index (κ2) is 5.11. The van der Waals surface area contributed by atoms with Gasteiger partial charge in [0.15, 0.2) is 0 Å². The average Bonchev–Trinajstić information content (AvgIpc) is 2.93. The number of fused-ring (bicyclic) bond motifs is 1. The first-order valence-corrected chi connectivity index (χ1v) is 6.57. The van der Waals surface area contributed by atoms with E-state index in [1.807, 2.05) is 0 Å². The SMILES string of the molecule is Cn1c(C(F)(F)F)cc(=O)n(Cc2ccc3cn[nH]c3c2)c1=O. The summed E-state index contributed by atoms with van der Waals surface area (Å²) in [5, 5.41) is 7.45. The maximum Gasteiger partial charge on any atom is 0.431 e. The number of hydrogen-bond acceptors (Lipinski definition) is 3. The molecular formula is C14H11F3N4O2. The number of aromatic amines is 1. The van der Waals surface area contributed by atoms with E-state index in [-0.39, 0.29) is 6.54 Å². The number of halogens is 3. The van der Waals surface area contributed by atoms with E-state index in [0.717, 1.165) is 17.0 Å². The van der Waals surface area contributed by atoms with Gasteiger partial charge in [-0.1, -0.05) is 12.1 Å². The highest BCUT2D eigenvalue weighted by molar-refractivity contribution is 5.78. The molecule has 0 amide bonds.